The Bertz CT molecular complexity index is 38.9. The number of hydrogen-bond acceptors (Lipinski definition) is 3. The molecule has 0 unspecified atom stereocenters. The molecule has 0 atom stereocenters. The Morgan fingerprint density at radius 2 is 1.40 bits per heavy atom. The van der Waals surface area contributed by atoms with Crippen LogP contribution in [-0.2, 0) is 43.7 Å². The second kappa shape index (κ2) is 18.9. The Balaban J connectivity index is 0. The van der Waals surface area contributed by atoms with Crippen LogP contribution in [0.5, 0.6) is 0 Å². The first-order valence-electron chi connectivity index (χ1n) is 0.575. The van der Waals surface area contributed by atoms with Crippen molar-refractivity contribution in [3.8, 4) is 0 Å². The van der Waals surface area contributed by atoms with Crippen molar-refractivity contribution in [1.82, 2.24) is 0 Å². The van der Waals surface area contributed by atoms with Gasteiger partial charge in [0, 0.05) is 0 Å². The Hall–Kier alpha value is 1.22. The first kappa shape index (κ1) is 9.52. The van der Waals surface area contributed by atoms with Gasteiger partial charge in [0.25, 0.3) is 0 Å². The Morgan fingerprint density at radius 3 is 1.40 bits per heavy atom. The molecule has 0 aromatic rings. The summed E-state index contributed by atoms with van der Waals surface area (Å²) in [5.41, 5.74) is 0. The van der Waals surface area contributed by atoms with Gasteiger partial charge < -0.3 is 0 Å². The van der Waals surface area contributed by atoms with Gasteiger partial charge in [-0.15, -0.1) is 0 Å². The topological polar surface area (TPSA) is 34.1 Å². The van der Waals surface area contributed by atoms with Gasteiger partial charge in [0.05, 0.1) is 0 Å². The summed E-state index contributed by atoms with van der Waals surface area (Å²) in [7, 11) is 4.09. The third-order valence-corrected chi connectivity index (χ3v) is 0. The van der Waals surface area contributed by atoms with Crippen LogP contribution in [0.15, 0.2) is 0 Å². The molecule has 28 valence electrons. The van der Waals surface area contributed by atoms with Gasteiger partial charge in [-0.3, -0.25) is 0 Å². The molecule has 0 radical (unpaired) electrons. The van der Waals surface area contributed by atoms with E-state index in [1.165, 1.54) is 18.0 Å². The summed E-state index contributed by atoms with van der Waals surface area (Å²) < 4.78 is 17.0. The van der Waals surface area contributed by atoms with E-state index in [9.17, 15) is 0 Å². The molecule has 0 aliphatic carbocycles. The second-order valence-electron chi connectivity index (χ2n) is 0.0833. The minimum atomic E-state index is -2.00. The molecule has 0 heterocycles. The molecular formula is MoO2STi. The van der Waals surface area contributed by atoms with Crippen LogP contribution >= 0.6 is 9.82 Å². The molecule has 5 heavy (non-hydrogen) atoms. The summed E-state index contributed by atoms with van der Waals surface area (Å²) in [5.74, 6) is 0. The van der Waals surface area contributed by atoms with Crippen LogP contribution in [-0.4, -0.2) is 0 Å². The molecule has 0 spiro atoms. The first-order valence-corrected chi connectivity index (χ1v) is 4.64. The quantitative estimate of drug-likeness (QED) is 0.540. The maximum absolute atomic E-state index is 8.50. The summed E-state index contributed by atoms with van der Waals surface area (Å²) in [4.78, 5) is 0. The van der Waals surface area contributed by atoms with E-state index in [0.717, 1.165) is 0 Å². The molecule has 0 amide bonds. The summed E-state index contributed by atoms with van der Waals surface area (Å²) in [6.45, 7) is 0. The van der Waals surface area contributed by atoms with Gasteiger partial charge in [0.2, 0.25) is 0 Å². The van der Waals surface area contributed by atoms with Crippen molar-refractivity contribution in [3.05, 3.63) is 0 Å². The zero-order chi connectivity index (χ0) is 4.71. The van der Waals surface area contributed by atoms with Crippen molar-refractivity contribution >= 4 is 9.82 Å². The third kappa shape index (κ3) is 36.3. The van der Waals surface area contributed by atoms with Crippen LogP contribution in [0.25, 0.3) is 0 Å². The standard InChI is InChI=1S/Mo.2O.S.Ti. The van der Waals surface area contributed by atoms with Gasteiger partial charge in [-0.25, -0.2) is 0 Å². The van der Waals surface area contributed by atoms with E-state index in [0.29, 0.717) is 0 Å². The average molecular weight is 208 g/mol. The third-order valence-electron chi connectivity index (χ3n) is 0. The first-order chi connectivity index (χ1) is 2.41. The predicted molar refractivity (Wildman–Crippen MR) is 8.96 cm³/mol. The summed E-state index contributed by atoms with van der Waals surface area (Å²) in [6.07, 6.45) is 0. The van der Waals surface area contributed by atoms with Crippen LogP contribution in [0.2, 0.25) is 0 Å². The number of hydrogen-bond donors (Lipinski definition) is 0. The fraction of sp³-hybridized carbons (Fsp3) is 0. The molecular weight excluding hydrogens is 208 g/mol. The Labute approximate surface area is 53.2 Å². The van der Waals surface area contributed by atoms with Gasteiger partial charge >= 0.3 is 53.6 Å². The van der Waals surface area contributed by atoms with Crippen molar-refractivity contribution < 1.29 is 43.7 Å². The molecule has 0 N–H and O–H groups in total. The fourth-order valence-electron chi connectivity index (χ4n) is 0. The molecule has 0 fully saturated rings. The molecule has 0 aromatic carbocycles. The molecule has 0 aromatic heterocycles. The Morgan fingerprint density at radius 1 is 1.40 bits per heavy atom. The molecule has 0 saturated carbocycles. The maximum atomic E-state index is 8.50. The van der Waals surface area contributed by atoms with E-state index in [2.05, 4.69) is 9.82 Å². The van der Waals surface area contributed by atoms with Crippen LogP contribution < -0.4 is 0 Å². The van der Waals surface area contributed by atoms with Crippen molar-refractivity contribution in [1.29, 1.82) is 0 Å². The van der Waals surface area contributed by atoms with E-state index in [-0.39, 0.29) is 0 Å². The summed E-state index contributed by atoms with van der Waals surface area (Å²) in [5, 5.41) is 0. The molecule has 0 rings (SSSR count). The molecule has 0 saturated heterocycles. The van der Waals surface area contributed by atoms with Crippen LogP contribution in [0, 0.1) is 0 Å². The van der Waals surface area contributed by atoms with Crippen molar-refractivity contribution in [2.24, 2.45) is 0 Å². The summed E-state index contributed by atoms with van der Waals surface area (Å²) in [6, 6.07) is 0. The second-order valence-corrected chi connectivity index (χ2v) is 0.344. The predicted octanol–water partition coefficient (Wildman–Crippen LogP) is 0.406. The zero-order valence-electron chi connectivity index (χ0n) is 2.13. The van der Waals surface area contributed by atoms with Gasteiger partial charge in [-0.05, 0) is 0 Å². The minimum absolute atomic E-state index is 1.53. The molecule has 0 aliphatic heterocycles. The van der Waals surface area contributed by atoms with E-state index in [4.69, 9.17) is 6.65 Å². The monoisotopic (exact) mass is 210 g/mol. The van der Waals surface area contributed by atoms with Crippen LogP contribution in [0.3, 0.4) is 0 Å². The van der Waals surface area contributed by atoms with E-state index in [1.807, 2.05) is 0 Å². The van der Waals surface area contributed by atoms with Crippen molar-refractivity contribution in [3.63, 3.8) is 0 Å². The van der Waals surface area contributed by atoms with Crippen LogP contribution in [0.1, 0.15) is 0 Å². The number of rotatable bonds is 0. The SMILES string of the molecule is [O]=[Ti]=[O].[S]=[Mo]. The molecule has 0 aliphatic rings. The van der Waals surface area contributed by atoms with E-state index >= 15 is 0 Å². The normalized spacial score (nSPS) is 2.40. The summed E-state index contributed by atoms with van der Waals surface area (Å²) >= 11 is -0.467. The van der Waals surface area contributed by atoms with Crippen LogP contribution in [0.4, 0.5) is 0 Å². The molecule has 2 nitrogen and oxygen atoms in total. The average Bonchev–Trinajstić information content (AvgIpc) is 1.46. The molecule has 5 heteroatoms. The van der Waals surface area contributed by atoms with E-state index < -0.39 is 19.1 Å². The van der Waals surface area contributed by atoms with Crippen molar-refractivity contribution in [2.75, 3.05) is 0 Å². The van der Waals surface area contributed by atoms with Gasteiger partial charge in [0.15, 0.2) is 0 Å². The van der Waals surface area contributed by atoms with Gasteiger partial charge in [0.1, 0.15) is 0 Å². The Kier molecular flexibility index (Phi) is 35.9. The molecule has 0 bridgehead atoms. The van der Waals surface area contributed by atoms with Gasteiger partial charge in [-0.1, -0.05) is 0 Å². The van der Waals surface area contributed by atoms with E-state index in [1.54, 1.807) is 0 Å². The van der Waals surface area contributed by atoms with Gasteiger partial charge in [-0.2, -0.15) is 0 Å². The van der Waals surface area contributed by atoms with Crippen molar-refractivity contribution in [2.45, 2.75) is 0 Å². The fourth-order valence-corrected chi connectivity index (χ4v) is 0. The zero-order valence-corrected chi connectivity index (χ0v) is 6.52.